The lowest BCUT2D eigenvalue weighted by Crippen LogP contribution is -2.49. The molecule has 1 saturated carbocycles. The highest BCUT2D eigenvalue weighted by Crippen LogP contribution is 2.43. The molecule has 0 unspecified atom stereocenters. The summed E-state index contributed by atoms with van der Waals surface area (Å²) in [5.41, 5.74) is 4.73. The van der Waals surface area contributed by atoms with Crippen molar-refractivity contribution in [1.82, 2.24) is 10.2 Å². The number of amides is 3. The third kappa shape index (κ3) is 4.42. The minimum absolute atomic E-state index is 0.0647. The van der Waals surface area contributed by atoms with Crippen molar-refractivity contribution in [2.24, 2.45) is 11.1 Å². The first-order chi connectivity index (χ1) is 8.88. The maximum absolute atomic E-state index is 11.8. The van der Waals surface area contributed by atoms with Gasteiger partial charge in [-0.3, -0.25) is 9.59 Å². The van der Waals surface area contributed by atoms with Crippen LogP contribution < -0.4 is 11.1 Å². The first-order valence-corrected chi connectivity index (χ1v) is 6.41. The molecular weight excluding hydrogens is 250 g/mol. The van der Waals surface area contributed by atoms with Crippen molar-refractivity contribution in [3.8, 4) is 0 Å². The Hall–Kier alpha value is -1.79. The van der Waals surface area contributed by atoms with Crippen LogP contribution >= 0.6 is 0 Å². The Morgan fingerprint density at radius 2 is 2.00 bits per heavy atom. The molecule has 0 atom stereocenters. The molecule has 0 heterocycles. The molecule has 0 aliphatic heterocycles. The Balaban J connectivity index is 2.47. The predicted molar refractivity (Wildman–Crippen MR) is 68.4 cm³/mol. The second-order valence-corrected chi connectivity index (χ2v) is 5.06. The third-order valence-electron chi connectivity index (χ3n) is 3.57. The van der Waals surface area contributed by atoms with E-state index in [1.807, 2.05) is 0 Å². The van der Waals surface area contributed by atoms with E-state index >= 15 is 0 Å². The standard InChI is InChI=1S/C12H21N3O4/c1-2-15(7-9(13)16)11(19)14-8-12(4-3-5-12)6-10(17)18/h2-8H2,1H3,(H2,13,16)(H,14,19)(H,17,18). The number of nitrogens with two attached hydrogens (primary N) is 1. The minimum Gasteiger partial charge on any atom is -0.481 e. The van der Waals surface area contributed by atoms with Crippen molar-refractivity contribution in [1.29, 1.82) is 0 Å². The summed E-state index contributed by atoms with van der Waals surface area (Å²) >= 11 is 0. The molecule has 3 amide bonds. The average Bonchev–Trinajstić information content (AvgIpc) is 2.28. The summed E-state index contributed by atoms with van der Waals surface area (Å²) in [7, 11) is 0. The van der Waals surface area contributed by atoms with Gasteiger partial charge in [0.05, 0.1) is 6.42 Å². The van der Waals surface area contributed by atoms with Crippen LogP contribution in [0.1, 0.15) is 32.6 Å². The van der Waals surface area contributed by atoms with Gasteiger partial charge < -0.3 is 21.1 Å². The van der Waals surface area contributed by atoms with Gasteiger partial charge in [-0.25, -0.2) is 4.79 Å². The smallest absolute Gasteiger partial charge is 0.317 e. The summed E-state index contributed by atoms with van der Waals surface area (Å²) in [5.74, 6) is -1.42. The van der Waals surface area contributed by atoms with Gasteiger partial charge in [0.15, 0.2) is 0 Å². The van der Waals surface area contributed by atoms with Crippen LogP contribution in [0, 0.1) is 5.41 Å². The SMILES string of the molecule is CCN(CC(N)=O)C(=O)NCC1(CC(=O)O)CCC1. The number of likely N-dealkylation sites (N-methyl/N-ethyl adjacent to an activating group) is 1. The van der Waals surface area contributed by atoms with E-state index in [9.17, 15) is 14.4 Å². The minimum atomic E-state index is -0.849. The monoisotopic (exact) mass is 271 g/mol. The van der Waals surface area contributed by atoms with Gasteiger partial charge in [0.25, 0.3) is 0 Å². The van der Waals surface area contributed by atoms with Gasteiger partial charge >= 0.3 is 12.0 Å². The van der Waals surface area contributed by atoms with Crippen molar-refractivity contribution in [2.75, 3.05) is 19.6 Å². The van der Waals surface area contributed by atoms with Gasteiger partial charge in [-0.05, 0) is 25.2 Å². The van der Waals surface area contributed by atoms with Crippen LogP contribution in [0.25, 0.3) is 0 Å². The lowest BCUT2D eigenvalue weighted by molar-refractivity contribution is -0.141. The lowest BCUT2D eigenvalue weighted by atomic mass is 9.66. The third-order valence-corrected chi connectivity index (χ3v) is 3.57. The van der Waals surface area contributed by atoms with Crippen molar-refractivity contribution >= 4 is 17.9 Å². The highest BCUT2D eigenvalue weighted by Gasteiger charge is 2.39. The molecule has 7 nitrogen and oxygen atoms in total. The Labute approximate surface area is 112 Å². The zero-order valence-electron chi connectivity index (χ0n) is 11.1. The number of hydrogen-bond acceptors (Lipinski definition) is 3. The number of carboxylic acid groups (broad SMARTS) is 1. The van der Waals surface area contributed by atoms with Crippen molar-refractivity contribution in [2.45, 2.75) is 32.6 Å². The summed E-state index contributed by atoms with van der Waals surface area (Å²) in [4.78, 5) is 34.8. The first-order valence-electron chi connectivity index (χ1n) is 6.41. The van der Waals surface area contributed by atoms with Crippen LogP contribution in [0.5, 0.6) is 0 Å². The number of urea groups is 1. The van der Waals surface area contributed by atoms with Crippen LogP contribution in [-0.4, -0.2) is 47.5 Å². The van der Waals surface area contributed by atoms with Gasteiger partial charge in [-0.1, -0.05) is 6.42 Å². The molecule has 4 N–H and O–H groups in total. The first kappa shape index (κ1) is 15.3. The Morgan fingerprint density at radius 3 is 2.37 bits per heavy atom. The number of primary amides is 1. The molecule has 0 spiro atoms. The zero-order chi connectivity index (χ0) is 14.5. The molecular formula is C12H21N3O4. The molecule has 1 aliphatic rings. The van der Waals surface area contributed by atoms with E-state index in [0.29, 0.717) is 13.1 Å². The van der Waals surface area contributed by atoms with Crippen LogP contribution in [-0.2, 0) is 9.59 Å². The highest BCUT2D eigenvalue weighted by atomic mass is 16.4. The van der Waals surface area contributed by atoms with Gasteiger partial charge in [-0.2, -0.15) is 0 Å². The van der Waals surface area contributed by atoms with Gasteiger partial charge in [-0.15, -0.1) is 0 Å². The Bertz CT molecular complexity index is 366. The number of carboxylic acids is 1. The number of carbonyl (C=O) groups excluding carboxylic acids is 2. The normalized spacial score (nSPS) is 16.3. The molecule has 7 heteroatoms. The summed E-state index contributed by atoms with van der Waals surface area (Å²) < 4.78 is 0. The number of rotatable bonds is 7. The molecule has 0 bridgehead atoms. The van der Waals surface area contributed by atoms with Crippen LogP contribution in [0.4, 0.5) is 4.79 Å². The summed E-state index contributed by atoms with van der Waals surface area (Å²) in [6, 6.07) is -0.377. The largest absolute Gasteiger partial charge is 0.481 e. The van der Waals surface area contributed by atoms with E-state index in [2.05, 4.69) is 5.32 Å². The van der Waals surface area contributed by atoms with E-state index in [-0.39, 0.29) is 24.4 Å². The van der Waals surface area contributed by atoms with Crippen molar-refractivity contribution < 1.29 is 19.5 Å². The van der Waals surface area contributed by atoms with Crippen LogP contribution in [0.15, 0.2) is 0 Å². The zero-order valence-corrected chi connectivity index (χ0v) is 11.1. The second-order valence-electron chi connectivity index (χ2n) is 5.06. The number of nitrogens with one attached hydrogen (secondary N) is 1. The summed E-state index contributed by atoms with van der Waals surface area (Å²) in [5, 5.41) is 11.6. The summed E-state index contributed by atoms with van der Waals surface area (Å²) in [6.07, 6.45) is 2.67. The molecule has 0 aromatic carbocycles. The topological polar surface area (TPSA) is 113 Å². The lowest BCUT2D eigenvalue weighted by Gasteiger charge is -2.41. The number of hydrogen-bond donors (Lipinski definition) is 3. The van der Waals surface area contributed by atoms with E-state index in [4.69, 9.17) is 10.8 Å². The molecule has 0 aromatic rings. The number of carbonyl (C=O) groups is 3. The van der Waals surface area contributed by atoms with Crippen LogP contribution in [0.3, 0.4) is 0 Å². The fourth-order valence-electron chi connectivity index (χ4n) is 2.30. The van der Waals surface area contributed by atoms with Crippen molar-refractivity contribution in [3.05, 3.63) is 0 Å². The van der Waals surface area contributed by atoms with E-state index in [0.717, 1.165) is 19.3 Å². The molecule has 0 saturated heterocycles. The Morgan fingerprint density at radius 1 is 1.37 bits per heavy atom. The summed E-state index contributed by atoms with van der Waals surface area (Å²) in [6.45, 7) is 2.32. The molecule has 1 fully saturated rings. The average molecular weight is 271 g/mol. The molecule has 108 valence electrons. The second kappa shape index (κ2) is 6.40. The molecule has 0 aromatic heterocycles. The van der Waals surface area contributed by atoms with E-state index in [1.54, 1.807) is 6.92 Å². The molecule has 19 heavy (non-hydrogen) atoms. The maximum atomic E-state index is 11.8. The van der Waals surface area contributed by atoms with Gasteiger partial charge in [0.1, 0.15) is 6.54 Å². The van der Waals surface area contributed by atoms with Gasteiger partial charge in [0, 0.05) is 13.1 Å². The quantitative estimate of drug-likeness (QED) is 0.611. The molecule has 1 aliphatic carbocycles. The van der Waals surface area contributed by atoms with Gasteiger partial charge in [0.2, 0.25) is 5.91 Å². The Kier molecular flexibility index (Phi) is 5.14. The fourth-order valence-corrected chi connectivity index (χ4v) is 2.30. The number of nitrogens with zero attached hydrogens (tertiary/aromatic N) is 1. The van der Waals surface area contributed by atoms with Crippen molar-refractivity contribution in [3.63, 3.8) is 0 Å². The fraction of sp³-hybridized carbons (Fsp3) is 0.750. The number of aliphatic carboxylic acids is 1. The highest BCUT2D eigenvalue weighted by molar-refractivity contribution is 5.83. The molecule has 0 radical (unpaired) electrons. The molecule has 1 rings (SSSR count). The predicted octanol–water partition coefficient (Wildman–Crippen LogP) is 0.148. The van der Waals surface area contributed by atoms with E-state index < -0.39 is 11.9 Å². The van der Waals surface area contributed by atoms with E-state index in [1.165, 1.54) is 4.90 Å². The van der Waals surface area contributed by atoms with Crippen LogP contribution in [0.2, 0.25) is 0 Å². The maximum Gasteiger partial charge on any atom is 0.317 e.